The lowest BCUT2D eigenvalue weighted by Gasteiger charge is -2.10. The number of hydrogen-bond acceptors (Lipinski definition) is 5. The van der Waals surface area contributed by atoms with Crippen molar-refractivity contribution in [2.45, 2.75) is 13.3 Å². The molecule has 0 radical (unpaired) electrons. The molecule has 1 heterocycles. The van der Waals surface area contributed by atoms with E-state index in [4.69, 9.17) is 9.47 Å². The van der Waals surface area contributed by atoms with Gasteiger partial charge in [0.2, 0.25) is 5.91 Å². The predicted molar refractivity (Wildman–Crippen MR) is 97.8 cm³/mol. The van der Waals surface area contributed by atoms with Gasteiger partial charge in [-0.1, -0.05) is 17.3 Å². The molecular weight excluding hydrogens is 332 g/mol. The third-order valence-electron chi connectivity index (χ3n) is 3.77. The maximum Gasteiger partial charge on any atom is 0.227 e. The summed E-state index contributed by atoms with van der Waals surface area (Å²) in [4.78, 5) is 12.1. The van der Waals surface area contributed by atoms with Gasteiger partial charge in [0.1, 0.15) is 0 Å². The summed E-state index contributed by atoms with van der Waals surface area (Å²) < 4.78 is 12.6. The van der Waals surface area contributed by atoms with Crippen molar-refractivity contribution >= 4 is 11.6 Å². The molecule has 0 bridgehead atoms. The van der Waals surface area contributed by atoms with Crippen LogP contribution in [0.5, 0.6) is 11.5 Å². The number of rotatable bonds is 7. The van der Waals surface area contributed by atoms with Crippen LogP contribution in [0.4, 0.5) is 5.69 Å². The number of para-hydroxylation sites is 2. The molecule has 0 aliphatic rings. The van der Waals surface area contributed by atoms with Gasteiger partial charge in [0.15, 0.2) is 11.5 Å². The second-order valence-corrected chi connectivity index (χ2v) is 5.63. The van der Waals surface area contributed by atoms with Crippen molar-refractivity contribution in [3.05, 3.63) is 60.4 Å². The van der Waals surface area contributed by atoms with Gasteiger partial charge in [-0.05, 0) is 43.3 Å². The largest absolute Gasteiger partial charge is 0.493 e. The summed E-state index contributed by atoms with van der Waals surface area (Å²) in [5.74, 6) is 1.15. The van der Waals surface area contributed by atoms with Gasteiger partial charge in [0, 0.05) is 5.69 Å². The first kappa shape index (κ1) is 17.5. The number of nitrogens with one attached hydrogen (secondary N) is 1. The molecule has 0 atom stereocenters. The van der Waals surface area contributed by atoms with Crippen LogP contribution in [-0.2, 0) is 4.79 Å². The summed E-state index contributed by atoms with van der Waals surface area (Å²) in [6.07, 6.45) is 1.93. The summed E-state index contributed by atoms with van der Waals surface area (Å²) in [6.45, 7) is 2.19. The quantitative estimate of drug-likeness (QED) is 0.707. The average Bonchev–Trinajstić information content (AvgIpc) is 3.09. The highest BCUT2D eigenvalue weighted by Crippen LogP contribution is 2.25. The Labute approximate surface area is 151 Å². The minimum Gasteiger partial charge on any atom is -0.493 e. The fourth-order valence-electron chi connectivity index (χ4n) is 2.44. The van der Waals surface area contributed by atoms with E-state index in [0.717, 1.165) is 11.4 Å². The number of carbonyl (C=O) groups is 1. The molecule has 0 aliphatic carbocycles. The molecule has 0 unspecified atom stereocenters. The topological polar surface area (TPSA) is 78.3 Å². The van der Waals surface area contributed by atoms with Gasteiger partial charge >= 0.3 is 0 Å². The van der Waals surface area contributed by atoms with E-state index in [2.05, 4.69) is 15.6 Å². The number of hydrogen-bond donors (Lipinski definition) is 1. The molecule has 26 heavy (non-hydrogen) atoms. The minimum absolute atomic E-state index is 0.121. The number of ether oxygens (including phenoxy) is 2. The van der Waals surface area contributed by atoms with Crippen molar-refractivity contribution in [1.82, 2.24) is 15.0 Å². The number of nitrogens with zero attached hydrogens (tertiary/aromatic N) is 3. The normalized spacial score (nSPS) is 10.4. The molecule has 3 rings (SSSR count). The van der Waals surface area contributed by atoms with Crippen LogP contribution in [-0.4, -0.2) is 34.6 Å². The summed E-state index contributed by atoms with van der Waals surface area (Å²) in [5.41, 5.74) is 2.54. The third kappa shape index (κ3) is 4.18. The predicted octanol–water partition coefficient (Wildman–Crippen LogP) is 2.99. The summed E-state index contributed by atoms with van der Waals surface area (Å²) >= 11 is 0. The SMILES string of the molecule is COc1ccccc1OCCC(=O)Nc1ccc(-n2nncc2C)cc1. The van der Waals surface area contributed by atoms with Gasteiger partial charge in [-0.2, -0.15) is 0 Å². The number of anilines is 1. The van der Waals surface area contributed by atoms with Crippen molar-refractivity contribution in [1.29, 1.82) is 0 Å². The molecule has 0 aliphatic heterocycles. The van der Waals surface area contributed by atoms with Crippen molar-refractivity contribution in [2.24, 2.45) is 0 Å². The number of amides is 1. The highest BCUT2D eigenvalue weighted by Gasteiger charge is 2.07. The highest BCUT2D eigenvalue weighted by atomic mass is 16.5. The molecule has 0 saturated carbocycles. The van der Waals surface area contributed by atoms with Crippen LogP contribution < -0.4 is 14.8 Å². The van der Waals surface area contributed by atoms with Crippen LogP contribution in [0.2, 0.25) is 0 Å². The Balaban J connectivity index is 1.51. The fraction of sp³-hybridized carbons (Fsp3) is 0.211. The Hall–Kier alpha value is -3.35. The molecule has 1 aromatic heterocycles. The molecule has 0 spiro atoms. The lowest BCUT2D eigenvalue weighted by atomic mass is 10.2. The molecular formula is C19H20N4O3. The number of carbonyl (C=O) groups excluding carboxylic acids is 1. The number of aryl methyl sites for hydroxylation is 1. The number of aromatic nitrogens is 3. The summed E-state index contributed by atoms with van der Waals surface area (Å²) in [7, 11) is 1.58. The van der Waals surface area contributed by atoms with E-state index in [1.54, 1.807) is 18.0 Å². The standard InChI is InChI=1S/C19H20N4O3/c1-14-13-20-22-23(14)16-9-7-15(8-10-16)21-19(24)11-12-26-18-6-4-3-5-17(18)25-2/h3-10,13H,11-12H2,1-2H3,(H,21,24). The van der Waals surface area contributed by atoms with Gasteiger partial charge in [-0.3, -0.25) is 4.79 Å². The van der Waals surface area contributed by atoms with E-state index in [0.29, 0.717) is 17.2 Å². The molecule has 1 N–H and O–H groups in total. The molecule has 3 aromatic rings. The Morgan fingerprint density at radius 1 is 1.12 bits per heavy atom. The van der Waals surface area contributed by atoms with Crippen molar-refractivity contribution in [3.63, 3.8) is 0 Å². The molecule has 0 saturated heterocycles. The first-order chi connectivity index (χ1) is 12.7. The maximum atomic E-state index is 12.1. The zero-order valence-corrected chi connectivity index (χ0v) is 14.7. The van der Waals surface area contributed by atoms with Gasteiger partial charge in [-0.25, -0.2) is 4.68 Å². The van der Waals surface area contributed by atoms with Crippen LogP contribution in [0.1, 0.15) is 12.1 Å². The summed E-state index contributed by atoms with van der Waals surface area (Å²) in [6, 6.07) is 14.8. The maximum absolute atomic E-state index is 12.1. The van der Waals surface area contributed by atoms with E-state index >= 15 is 0 Å². The van der Waals surface area contributed by atoms with Crippen LogP contribution >= 0.6 is 0 Å². The zero-order chi connectivity index (χ0) is 18.4. The van der Waals surface area contributed by atoms with Crippen molar-refractivity contribution < 1.29 is 14.3 Å². The van der Waals surface area contributed by atoms with Gasteiger partial charge < -0.3 is 14.8 Å². The minimum atomic E-state index is -0.121. The Morgan fingerprint density at radius 3 is 2.50 bits per heavy atom. The first-order valence-electron chi connectivity index (χ1n) is 8.21. The third-order valence-corrected chi connectivity index (χ3v) is 3.77. The first-order valence-corrected chi connectivity index (χ1v) is 8.21. The second-order valence-electron chi connectivity index (χ2n) is 5.63. The monoisotopic (exact) mass is 352 g/mol. The lowest BCUT2D eigenvalue weighted by Crippen LogP contribution is -2.15. The Morgan fingerprint density at radius 2 is 1.85 bits per heavy atom. The highest BCUT2D eigenvalue weighted by molar-refractivity contribution is 5.90. The molecule has 2 aromatic carbocycles. The van der Waals surface area contributed by atoms with E-state index in [-0.39, 0.29) is 18.9 Å². The van der Waals surface area contributed by atoms with Gasteiger partial charge in [0.05, 0.1) is 37.7 Å². The van der Waals surface area contributed by atoms with Crippen molar-refractivity contribution in [3.8, 4) is 17.2 Å². The smallest absolute Gasteiger partial charge is 0.227 e. The van der Waals surface area contributed by atoms with Gasteiger partial charge in [0.25, 0.3) is 0 Å². The molecule has 0 fully saturated rings. The van der Waals surface area contributed by atoms with E-state index in [1.807, 2.05) is 55.5 Å². The van der Waals surface area contributed by atoms with E-state index in [1.165, 1.54) is 0 Å². The zero-order valence-electron chi connectivity index (χ0n) is 14.7. The van der Waals surface area contributed by atoms with Crippen molar-refractivity contribution in [2.75, 3.05) is 19.0 Å². The number of methoxy groups -OCH3 is 1. The van der Waals surface area contributed by atoms with Crippen LogP contribution in [0.15, 0.2) is 54.7 Å². The average molecular weight is 352 g/mol. The van der Waals surface area contributed by atoms with Gasteiger partial charge in [-0.15, -0.1) is 5.10 Å². The fourth-order valence-corrected chi connectivity index (χ4v) is 2.44. The Bertz CT molecular complexity index is 875. The van der Waals surface area contributed by atoms with Crippen LogP contribution in [0.25, 0.3) is 5.69 Å². The molecule has 134 valence electrons. The van der Waals surface area contributed by atoms with Crippen LogP contribution in [0, 0.1) is 6.92 Å². The molecule has 1 amide bonds. The van der Waals surface area contributed by atoms with Crippen LogP contribution in [0.3, 0.4) is 0 Å². The molecule has 7 heteroatoms. The Kier molecular flexibility index (Phi) is 5.48. The number of benzene rings is 2. The summed E-state index contributed by atoms with van der Waals surface area (Å²) in [5, 5.41) is 10.7. The molecule has 7 nitrogen and oxygen atoms in total. The van der Waals surface area contributed by atoms with E-state index < -0.39 is 0 Å². The lowest BCUT2D eigenvalue weighted by molar-refractivity contribution is -0.116. The van der Waals surface area contributed by atoms with E-state index in [9.17, 15) is 4.79 Å². The second kappa shape index (κ2) is 8.15.